The molecule has 0 saturated carbocycles. The van der Waals surface area contributed by atoms with Crippen LogP contribution in [-0.4, -0.2) is 47.4 Å². The summed E-state index contributed by atoms with van der Waals surface area (Å²) >= 11 is 0. The normalized spacial score (nSPS) is 29.1. The van der Waals surface area contributed by atoms with Gasteiger partial charge < -0.3 is 9.94 Å². The van der Waals surface area contributed by atoms with Gasteiger partial charge in [-0.25, -0.2) is 4.79 Å². The molecule has 2 fully saturated rings. The van der Waals surface area contributed by atoms with Crippen molar-refractivity contribution in [3.63, 3.8) is 0 Å². The molecule has 1 N–H and O–H groups in total. The van der Waals surface area contributed by atoms with Crippen LogP contribution >= 0.6 is 0 Å². The number of hydrogen-bond acceptors (Lipinski definition) is 4. The second kappa shape index (κ2) is 4.61. The molecule has 0 aliphatic carbocycles. The topological polar surface area (TPSA) is 62.1 Å². The number of nitrogens with zero attached hydrogens (tertiary/aromatic N) is 2. The number of hydrogen-bond donors (Lipinski definition) is 1. The lowest BCUT2D eigenvalue weighted by atomic mass is 10.0. The maximum Gasteiger partial charge on any atom is 0.344 e. The molecule has 2 heterocycles. The van der Waals surface area contributed by atoms with Crippen LogP contribution in [0.25, 0.3) is 0 Å². The third-order valence-corrected chi connectivity index (χ3v) is 3.04. The van der Waals surface area contributed by atoms with Crippen LogP contribution in [0.3, 0.4) is 0 Å². The first-order valence-electron chi connectivity index (χ1n) is 5.39. The average Bonchev–Trinajstić information content (AvgIpc) is 2.64. The van der Waals surface area contributed by atoms with Crippen LogP contribution in [-0.2, 0) is 9.63 Å². The molecular formula is C10H16N2O3. The Hall–Kier alpha value is -1.10. The highest BCUT2D eigenvalue weighted by Gasteiger charge is 2.29. The molecule has 0 radical (unpaired) electrons. The molecule has 2 rings (SSSR count). The van der Waals surface area contributed by atoms with Crippen molar-refractivity contribution in [2.75, 3.05) is 19.7 Å². The van der Waals surface area contributed by atoms with Gasteiger partial charge in [0, 0.05) is 25.4 Å². The third kappa shape index (κ3) is 2.68. The smallest absolute Gasteiger partial charge is 0.344 e. The zero-order valence-electron chi connectivity index (χ0n) is 8.69. The van der Waals surface area contributed by atoms with E-state index in [1.807, 2.05) is 0 Å². The van der Waals surface area contributed by atoms with Gasteiger partial charge >= 0.3 is 5.97 Å². The lowest BCUT2D eigenvalue weighted by molar-refractivity contribution is -0.142. The van der Waals surface area contributed by atoms with Gasteiger partial charge in [-0.15, -0.1) is 0 Å². The van der Waals surface area contributed by atoms with E-state index in [0.29, 0.717) is 6.04 Å². The number of aliphatic carboxylic acids is 1. The first kappa shape index (κ1) is 10.4. The van der Waals surface area contributed by atoms with Crippen molar-refractivity contribution in [2.24, 2.45) is 5.16 Å². The number of carboxylic acids is 1. The highest BCUT2D eigenvalue weighted by molar-refractivity contribution is 5.85. The lowest BCUT2D eigenvalue weighted by Crippen LogP contribution is -2.38. The van der Waals surface area contributed by atoms with Gasteiger partial charge in [0.1, 0.15) is 0 Å². The summed E-state index contributed by atoms with van der Waals surface area (Å²) in [6.45, 7) is 1.91. The van der Waals surface area contributed by atoms with Crippen molar-refractivity contribution in [1.82, 2.24) is 4.90 Å². The first-order chi connectivity index (χ1) is 7.25. The molecule has 2 aliphatic rings. The van der Waals surface area contributed by atoms with Crippen LogP contribution in [0.1, 0.15) is 25.7 Å². The molecule has 5 heteroatoms. The van der Waals surface area contributed by atoms with E-state index in [1.54, 1.807) is 0 Å². The molecule has 5 nitrogen and oxygen atoms in total. The van der Waals surface area contributed by atoms with Crippen molar-refractivity contribution in [1.29, 1.82) is 0 Å². The maximum atomic E-state index is 10.2. The van der Waals surface area contributed by atoms with Crippen molar-refractivity contribution in [3.05, 3.63) is 0 Å². The van der Waals surface area contributed by atoms with Gasteiger partial charge in [0.15, 0.2) is 0 Å². The highest BCUT2D eigenvalue weighted by Crippen LogP contribution is 2.25. The second-order valence-electron chi connectivity index (χ2n) is 4.11. The third-order valence-electron chi connectivity index (χ3n) is 3.04. The molecule has 2 saturated heterocycles. The Bertz CT molecular complexity index is 278. The van der Waals surface area contributed by atoms with Crippen LogP contribution in [0.5, 0.6) is 0 Å². The predicted octanol–water partition coefficient (Wildman–Crippen LogP) is 0.702. The summed E-state index contributed by atoms with van der Waals surface area (Å²) in [4.78, 5) is 17.5. The Balaban J connectivity index is 1.81. The minimum Gasteiger partial charge on any atom is -0.479 e. The van der Waals surface area contributed by atoms with Crippen molar-refractivity contribution in [2.45, 2.75) is 31.7 Å². The largest absolute Gasteiger partial charge is 0.479 e. The quantitative estimate of drug-likeness (QED) is 0.699. The number of piperidine rings is 1. The maximum absolute atomic E-state index is 10.2. The fourth-order valence-corrected chi connectivity index (χ4v) is 2.33. The molecule has 0 spiro atoms. The van der Waals surface area contributed by atoms with Crippen LogP contribution in [0.4, 0.5) is 0 Å². The first-order valence-corrected chi connectivity index (χ1v) is 5.39. The molecule has 84 valence electrons. The summed E-state index contributed by atoms with van der Waals surface area (Å²) in [7, 11) is 0. The molecule has 15 heavy (non-hydrogen) atoms. The van der Waals surface area contributed by atoms with Gasteiger partial charge in [0.2, 0.25) is 6.61 Å². The van der Waals surface area contributed by atoms with E-state index in [9.17, 15) is 4.79 Å². The van der Waals surface area contributed by atoms with E-state index >= 15 is 0 Å². The number of rotatable bonds is 3. The van der Waals surface area contributed by atoms with Crippen molar-refractivity contribution >= 4 is 11.7 Å². The molecule has 0 aromatic carbocycles. The molecule has 0 aromatic rings. The molecule has 2 aliphatic heterocycles. The van der Waals surface area contributed by atoms with E-state index in [2.05, 4.69) is 10.1 Å². The van der Waals surface area contributed by atoms with E-state index in [4.69, 9.17) is 9.94 Å². The van der Waals surface area contributed by atoms with Crippen LogP contribution in [0.15, 0.2) is 5.16 Å². The lowest BCUT2D eigenvalue weighted by Gasteiger charge is -2.29. The Morgan fingerprint density at radius 3 is 3.27 bits per heavy atom. The van der Waals surface area contributed by atoms with Gasteiger partial charge in [0.05, 0.1) is 5.71 Å². The summed E-state index contributed by atoms with van der Waals surface area (Å²) in [5.74, 6) is -0.974. The Labute approximate surface area is 88.7 Å². The van der Waals surface area contributed by atoms with Gasteiger partial charge in [0.25, 0.3) is 0 Å². The van der Waals surface area contributed by atoms with Gasteiger partial charge in [-0.2, -0.15) is 0 Å². The SMILES string of the molecule is O=C(O)CON=C1CCN2CCCC2C1. The van der Waals surface area contributed by atoms with Crippen LogP contribution in [0, 0.1) is 0 Å². The molecule has 1 unspecified atom stereocenters. The predicted molar refractivity (Wildman–Crippen MR) is 54.9 cm³/mol. The Morgan fingerprint density at radius 2 is 2.47 bits per heavy atom. The van der Waals surface area contributed by atoms with Gasteiger partial charge in [-0.3, -0.25) is 4.90 Å². The number of carboxylic acid groups (broad SMARTS) is 1. The summed E-state index contributed by atoms with van der Waals surface area (Å²) in [6, 6.07) is 0.617. The monoisotopic (exact) mass is 212 g/mol. The molecule has 0 aromatic heterocycles. The van der Waals surface area contributed by atoms with E-state index in [1.165, 1.54) is 19.4 Å². The zero-order chi connectivity index (χ0) is 10.7. The standard InChI is InChI=1S/C10H16N2O3/c13-10(14)7-15-11-8-3-5-12-4-1-2-9(12)6-8/h9H,1-7H2,(H,13,14). The van der Waals surface area contributed by atoms with E-state index in [-0.39, 0.29) is 6.61 Å². The Kier molecular flexibility index (Phi) is 3.20. The molecular weight excluding hydrogens is 196 g/mol. The number of carbonyl (C=O) groups is 1. The van der Waals surface area contributed by atoms with Gasteiger partial charge in [-0.05, 0) is 19.4 Å². The van der Waals surface area contributed by atoms with Crippen molar-refractivity contribution in [3.8, 4) is 0 Å². The summed E-state index contributed by atoms with van der Waals surface area (Å²) in [6.07, 6.45) is 4.36. The Morgan fingerprint density at radius 1 is 1.60 bits per heavy atom. The highest BCUT2D eigenvalue weighted by atomic mass is 16.6. The van der Waals surface area contributed by atoms with Crippen LogP contribution in [0.2, 0.25) is 0 Å². The van der Waals surface area contributed by atoms with Crippen molar-refractivity contribution < 1.29 is 14.7 Å². The fourth-order valence-electron chi connectivity index (χ4n) is 2.33. The van der Waals surface area contributed by atoms with Gasteiger partial charge in [-0.1, -0.05) is 5.16 Å². The van der Waals surface area contributed by atoms with E-state index < -0.39 is 5.97 Å². The summed E-state index contributed by atoms with van der Waals surface area (Å²) < 4.78 is 0. The molecule has 0 bridgehead atoms. The molecule has 0 amide bonds. The fraction of sp³-hybridized carbons (Fsp3) is 0.800. The van der Waals surface area contributed by atoms with Crippen LogP contribution < -0.4 is 0 Å². The second-order valence-corrected chi connectivity index (χ2v) is 4.11. The van der Waals surface area contributed by atoms with E-state index in [0.717, 1.165) is 25.1 Å². The zero-order valence-corrected chi connectivity index (χ0v) is 8.69. The minimum absolute atomic E-state index is 0.335. The minimum atomic E-state index is -0.974. The average molecular weight is 212 g/mol. The summed E-state index contributed by atoms with van der Waals surface area (Å²) in [5.41, 5.74) is 1.01. The summed E-state index contributed by atoms with van der Waals surface area (Å²) in [5, 5.41) is 12.3. The number of fused-ring (bicyclic) bond motifs is 1. The molecule has 1 atom stereocenters. The number of oxime groups is 1.